The third-order valence-corrected chi connectivity index (χ3v) is 5.01. The summed E-state index contributed by atoms with van der Waals surface area (Å²) >= 11 is 0. The number of fused-ring (bicyclic) bond motifs is 6. The summed E-state index contributed by atoms with van der Waals surface area (Å²) < 4.78 is 0. The van der Waals surface area contributed by atoms with Gasteiger partial charge in [-0.25, -0.2) is 0 Å². The molecule has 0 unspecified atom stereocenters. The van der Waals surface area contributed by atoms with E-state index in [1.165, 1.54) is 43.4 Å². The lowest BCUT2D eigenvalue weighted by Crippen LogP contribution is -1.88. The Morgan fingerprint density at radius 2 is 1.04 bits per heavy atom. The molecule has 2 nitrogen and oxygen atoms in total. The van der Waals surface area contributed by atoms with E-state index < -0.39 is 0 Å². The van der Waals surface area contributed by atoms with Crippen LogP contribution in [0.2, 0.25) is 0 Å². The Kier molecular flexibility index (Phi) is 2.66. The van der Waals surface area contributed by atoms with Gasteiger partial charge in [0.1, 0.15) is 0 Å². The molecule has 2 heterocycles. The summed E-state index contributed by atoms with van der Waals surface area (Å²) in [6, 6.07) is 17.4. The average Bonchev–Trinajstić information content (AvgIpc) is 2.60. The molecule has 3 aromatic carbocycles. The number of nitrogens with zero attached hydrogens (tertiary/aromatic N) is 2. The third kappa shape index (κ3) is 1.77. The summed E-state index contributed by atoms with van der Waals surface area (Å²) in [5.41, 5.74) is 4.65. The van der Waals surface area contributed by atoms with Crippen molar-refractivity contribution in [3.8, 4) is 0 Å². The number of benzene rings is 3. The zero-order valence-electron chi connectivity index (χ0n) is 13.7. The molecule has 0 fully saturated rings. The van der Waals surface area contributed by atoms with Gasteiger partial charge in [0.05, 0.1) is 11.0 Å². The Labute approximate surface area is 139 Å². The maximum absolute atomic E-state index is 4.65. The molecule has 0 spiro atoms. The van der Waals surface area contributed by atoms with Gasteiger partial charge in [-0.15, -0.1) is 0 Å². The van der Waals surface area contributed by atoms with Gasteiger partial charge < -0.3 is 0 Å². The molecule has 0 aliphatic heterocycles. The fourth-order valence-corrected chi connectivity index (χ4v) is 3.66. The van der Waals surface area contributed by atoms with Crippen molar-refractivity contribution in [3.05, 3.63) is 72.1 Å². The van der Waals surface area contributed by atoms with E-state index >= 15 is 0 Å². The summed E-state index contributed by atoms with van der Waals surface area (Å²) in [6.45, 7) is 4.27. The molecule has 5 rings (SSSR count). The Morgan fingerprint density at radius 1 is 0.542 bits per heavy atom. The van der Waals surface area contributed by atoms with Crippen LogP contribution in [0.4, 0.5) is 0 Å². The molecule has 0 aliphatic rings. The minimum Gasteiger partial charge on any atom is -0.256 e. The first-order valence-corrected chi connectivity index (χ1v) is 8.18. The van der Waals surface area contributed by atoms with E-state index in [1.54, 1.807) is 0 Å². The normalized spacial score (nSPS) is 11.8. The van der Waals surface area contributed by atoms with Crippen LogP contribution in [0.3, 0.4) is 0 Å². The van der Waals surface area contributed by atoms with E-state index in [4.69, 9.17) is 0 Å². The van der Waals surface area contributed by atoms with Gasteiger partial charge in [-0.3, -0.25) is 9.97 Å². The van der Waals surface area contributed by atoms with Crippen molar-refractivity contribution in [2.75, 3.05) is 0 Å². The minimum absolute atomic E-state index is 1.07. The maximum Gasteiger partial charge on any atom is 0.0783 e. The van der Waals surface area contributed by atoms with Crippen LogP contribution in [0.25, 0.3) is 43.4 Å². The lowest BCUT2D eigenvalue weighted by Gasteiger charge is -2.09. The zero-order chi connectivity index (χ0) is 16.3. The molecule has 0 radical (unpaired) electrons. The fraction of sp³-hybridized carbons (Fsp3) is 0.0909. The van der Waals surface area contributed by atoms with Crippen molar-refractivity contribution in [2.24, 2.45) is 0 Å². The van der Waals surface area contributed by atoms with Crippen molar-refractivity contribution in [2.45, 2.75) is 13.8 Å². The molecule has 0 aliphatic carbocycles. The van der Waals surface area contributed by atoms with Crippen LogP contribution in [0.1, 0.15) is 11.1 Å². The van der Waals surface area contributed by atoms with Crippen molar-refractivity contribution in [3.63, 3.8) is 0 Å². The van der Waals surface area contributed by atoms with E-state index in [0.717, 1.165) is 11.0 Å². The maximum atomic E-state index is 4.65. The minimum atomic E-state index is 1.07. The van der Waals surface area contributed by atoms with Gasteiger partial charge in [-0.2, -0.15) is 0 Å². The second kappa shape index (κ2) is 4.75. The van der Waals surface area contributed by atoms with Gasteiger partial charge in [0.15, 0.2) is 0 Å². The molecule has 0 atom stereocenters. The summed E-state index contributed by atoms with van der Waals surface area (Å²) in [4.78, 5) is 9.31. The summed E-state index contributed by atoms with van der Waals surface area (Å²) in [7, 11) is 0. The van der Waals surface area contributed by atoms with E-state index in [9.17, 15) is 0 Å². The largest absolute Gasteiger partial charge is 0.256 e. The number of aromatic nitrogens is 2. The number of hydrogen-bond acceptors (Lipinski definition) is 2. The van der Waals surface area contributed by atoms with Crippen LogP contribution in [0.15, 0.2) is 60.9 Å². The average molecular weight is 308 g/mol. The predicted molar refractivity (Wildman–Crippen MR) is 102 cm³/mol. The standard InChI is InChI=1S/C22H16N2/c1-13-7-9-23-21-17(13)5-3-15-11-16-4-6-18-14(2)8-10-24-22(18)20(16)12-19(15)21/h3-12H,1-2H3. The molecule has 0 saturated carbocycles. The van der Waals surface area contributed by atoms with Gasteiger partial charge in [0, 0.05) is 33.9 Å². The van der Waals surface area contributed by atoms with Crippen LogP contribution in [0.5, 0.6) is 0 Å². The Bertz CT molecular complexity index is 1170. The van der Waals surface area contributed by atoms with E-state index in [-0.39, 0.29) is 0 Å². The molecule has 5 aromatic rings. The highest BCUT2D eigenvalue weighted by molar-refractivity contribution is 6.16. The molecule has 0 N–H and O–H groups in total. The van der Waals surface area contributed by atoms with Gasteiger partial charge in [0.2, 0.25) is 0 Å². The van der Waals surface area contributed by atoms with Crippen LogP contribution < -0.4 is 0 Å². The second-order valence-electron chi connectivity index (χ2n) is 6.47. The predicted octanol–water partition coefficient (Wildman–Crippen LogP) is 5.71. The highest BCUT2D eigenvalue weighted by Gasteiger charge is 2.09. The molecular formula is C22H16N2. The Morgan fingerprint density at radius 3 is 1.54 bits per heavy atom. The van der Waals surface area contributed by atoms with Crippen molar-refractivity contribution in [1.82, 2.24) is 9.97 Å². The first-order chi connectivity index (χ1) is 11.7. The SMILES string of the molecule is Cc1ccnc2c1ccc1cc3ccc4c(C)ccnc4c3cc12. The fourth-order valence-electron chi connectivity index (χ4n) is 3.66. The molecule has 0 saturated heterocycles. The van der Waals surface area contributed by atoms with Gasteiger partial charge in [0.25, 0.3) is 0 Å². The molecule has 0 bridgehead atoms. The molecule has 24 heavy (non-hydrogen) atoms. The van der Waals surface area contributed by atoms with Crippen LogP contribution in [-0.4, -0.2) is 9.97 Å². The Balaban J connectivity index is 2.03. The van der Waals surface area contributed by atoms with Crippen molar-refractivity contribution in [1.29, 1.82) is 0 Å². The van der Waals surface area contributed by atoms with Gasteiger partial charge in [-0.1, -0.05) is 24.3 Å². The van der Waals surface area contributed by atoms with Crippen molar-refractivity contribution < 1.29 is 0 Å². The summed E-state index contributed by atoms with van der Waals surface area (Å²) in [5, 5.41) is 7.27. The number of hydrogen-bond donors (Lipinski definition) is 0. The van der Waals surface area contributed by atoms with Crippen LogP contribution in [-0.2, 0) is 0 Å². The van der Waals surface area contributed by atoms with E-state index in [0.29, 0.717) is 0 Å². The topological polar surface area (TPSA) is 25.8 Å². The van der Waals surface area contributed by atoms with Gasteiger partial charge >= 0.3 is 0 Å². The lowest BCUT2D eigenvalue weighted by atomic mass is 9.97. The summed E-state index contributed by atoms with van der Waals surface area (Å²) in [6.07, 6.45) is 3.79. The third-order valence-electron chi connectivity index (χ3n) is 5.01. The molecule has 114 valence electrons. The van der Waals surface area contributed by atoms with Crippen LogP contribution in [0, 0.1) is 13.8 Å². The van der Waals surface area contributed by atoms with Crippen molar-refractivity contribution >= 4 is 43.4 Å². The number of pyridine rings is 2. The number of rotatable bonds is 0. The van der Waals surface area contributed by atoms with Gasteiger partial charge in [-0.05, 0) is 60.0 Å². The zero-order valence-corrected chi connectivity index (χ0v) is 13.7. The Hall–Kier alpha value is -3.00. The highest BCUT2D eigenvalue weighted by atomic mass is 14.7. The summed E-state index contributed by atoms with van der Waals surface area (Å²) in [5.74, 6) is 0. The molecule has 0 amide bonds. The first-order valence-electron chi connectivity index (χ1n) is 8.18. The second-order valence-corrected chi connectivity index (χ2v) is 6.47. The quantitative estimate of drug-likeness (QED) is 0.270. The highest BCUT2D eigenvalue weighted by Crippen LogP contribution is 2.33. The van der Waals surface area contributed by atoms with E-state index in [1.807, 2.05) is 12.4 Å². The van der Waals surface area contributed by atoms with E-state index in [2.05, 4.69) is 72.3 Å². The molecule has 2 heteroatoms. The van der Waals surface area contributed by atoms with Crippen LogP contribution >= 0.6 is 0 Å². The molecular weight excluding hydrogens is 292 g/mol. The molecule has 2 aromatic heterocycles. The first kappa shape index (κ1) is 13.4. The monoisotopic (exact) mass is 308 g/mol. The lowest BCUT2D eigenvalue weighted by molar-refractivity contribution is 1.38. The smallest absolute Gasteiger partial charge is 0.0783 e. The number of aryl methyl sites for hydroxylation is 2.